The summed E-state index contributed by atoms with van der Waals surface area (Å²) in [5.74, 6) is -0.425. The van der Waals surface area contributed by atoms with Crippen molar-refractivity contribution in [3.63, 3.8) is 0 Å². The molecule has 0 atom stereocenters. The number of rotatable bonds is 7. The number of aromatic nitrogens is 1. The highest BCUT2D eigenvalue weighted by atomic mass is 16.5. The van der Waals surface area contributed by atoms with Crippen LogP contribution in [0, 0.1) is 13.8 Å². The minimum atomic E-state index is -0.231. The van der Waals surface area contributed by atoms with Crippen LogP contribution in [0.2, 0.25) is 0 Å². The van der Waals surface area contributed by atoms with Crippen LogP contribution in [0.3, 0.4) is 0 Å². The number of carbonyl (C=O) groups excluding carboxylic acids is 2. The standard InChI is InChI=1S/C18H23N3O3/c1-12-14-6-4-5-7-16(14)21-13(2)15(12)10-17(22)20-11-18(23)19-8-9-24-3/h4-7H,8-11H2,1-3H3,(H,19,23)(H,20,22). The Hall–Kier alpha value is -2.47. The predicted molar refractivity (Wildman–Crippen MR) is 92.8 cm³/mol. The fourth-order valence-corrected chi connectivity index (χ4v) is 2.59. The zero-order valence-corrected chi connectivity index (χ0v) is 14.3. The Bertz CT molecular complexity index is 744. The number of fused-ring (bicyclic) bond motifs is 1. The maximum atomic E-state index is 12.1. The van der Waals surface area contributed by atoms with Crippen LogP contribution in [0.1, 0.15) is 16.8 Å². The molecule has 0 bridgehead atoms. The molecule has 1 aromatic carbocycles. The van der Waals surface area contributed by atoms with E-state index in [1.165, 1.54) is 0 Å². The third-order valence-electron chi connectivity index (χ3n) is 3.90. The number of hydrogen-bond donors (Lipinski definition) is 2. The molecule has 2 amide bonds. The largest absolute Gasteiger partial charge is 0.383 e. The van der Waals surface area contributed by atoms with Gasteiger partial charge in [-0.05, 0) is 31.0 Å². The van der Waals surface area contributed by atoms with Gasteiger partial charge in [0, 0.05) is 24.7 Å². The first-order valence-electron chi connectivity index (χ1n) is 7.90. The number of carbonyl (C=O) groups is 2. The Kier molecular flexibility index (Phi) is 6.26. The molecular formula is C18H23N3O3. The molecule has 0 unspecified atom stereocenters. The van der Waals surface area contributed by atoms with Gasteiger partial charge in [-0.3, -0.25) is 14.6 Å². The third-order valence-corrected chi connectivity index (χ3v) is 3.90. The average molecular weight is 329 g/mol. The normalized spacial score (nSPS) is 10.6. The van der Waals surface area contributed by atoms with E-state index in [1.54, 1.807) is 7.11 Å². The van der Waals surface area contributed by atoms with Gasteiger partial charge in [0.25, 0.3) is 0 Å². The number of benzene rings is 1. The van der Waals surface area contributed by atoms with E-state index in [0.717, 1.165) is 27.7 Å². The molecule has 6 heteroatoms. The zero-order valence-electron chi connectivity index (χ0n) is 14.3. The minimum absolute atomic E-state index is 0.0400. The van der Waals surface area contributed by atoms with Crippen LogP contribution >= 0.6 is 0 Å². The molecule has 128 valence electrons. The molecule has 0 aliphatic heterocycles. The van der Waals surface area contributed by atoms with Crippen molar-refractivity contribution in [2.45, 2.75) is 20.3 Å². The fraction of sp³-hybridized carbons (Fsp3) is 0.389. The molecule has 0 saturated carbocycles. The molecule has 0 aliphatic rings. The second kappa shape index (κ2) is 8.40. The number of nitrogens with zero attached hydrogens (tertiary/aromatic N) is 1. The summed E-state index contributed by atoms with van der Waals surface area (Å²) in [6, 6.07) is 7.87. The van der Waals surface area contributed by atoms with Crippen molar-refractivity contribution in [2.24, 2.45) is 0 Å². The predicted octanol–water partition coefficient (Wildman–Crippen LogP) is 1.27. The first-order chi connectivity index (χ1) is 11.5. The van der Waals surface area contributed by atoms with E-state index in [-0.39, 0.29) is 24.8 Å². The van der Waals surface area contributed by atoms with Gasteiger partial charge in [-0.1, -0.05) is 18.2 Å². The van der Waals surface area contributed by atoms with Gasteiger partial charge >= 0.3 is 0 Å². The van der Waals surface area contributed by atoms with E-state index < -0.39 is 0 Å². The summed E-state index contributed by atoms with van der Waals surface area (Å²) in [5, 5.41) is 6.34. The summed E-state index contributed by atoms with van der Waals surface area (Å²) < 4.78 is 4.85. The Morgan fingerprint density at radius 3 is 2.62 bits per heavy atom. The fourth-order valence-electron chi connectivity index (χ4n) is 2.59. The highest BCUT2D eigenvalue weighted by Gasteiger charge is 2.13. The van der Waals surface area contributed by atoms with E-state index in [0.29, 0.717) is 13.2 Å². The summed E-state index contributed by atoms with van der Waals surface area (Å²) in [7, 11) is 1.57. The Labute approximate surface area is 141 Å². The van der Waals surface area contributed by atoms with E-state index in [9.17, 15) is 9.59 Å². The minimum Gasteiger partial charge on any atom is -0.383 e. The lowest BCUT2D eigenvalue weighted by Crippen LogP contribution is -2.38. The van der Waals surface area contributed by atoms with Crippen LogP contribution in [0.15, 0.2) is 24.3 Å². The van der Waals surface area contributed by atoms with Gasteiger partial charge < -0.3 is 15.4 Å². The topological polar surface area (TPSA) is 80.3 Å². The molecule has 0 saturated heterocycles. The number of aryl methyl sites for hydroxylation is 2. The van der Waals surface area contributed by atoms with E-state index in [4.69, 9.17) is 4.74 Å². The lowest BCUT2D eigenvalue weighted by Gasteiger charge is -2.12. The van der Waals surface area contributed by atoms with Gasteiger partial charge in [-0.2, -0.15) is 0 Å². The molecule has 0 spiro atoms. The first kappa shape index (κ1) is 17.9. The maximum Gasteiger partial charge on any atom is 0.239 e. The summed E-state index contributed by atoms with van der Waals surface area (Å²) >= 11 is 0. The molecule has 0 radical (unpaired) electrons. The number of amides is 2. The van der Waals surface area contributed by atoms with E-state index >= 15 is 0 Å². The SMILES string of the molecule is COCCNC(=O)CNC(=O)Cc1c(C)nc2ccccc2c1C. The number of para-hydroxylation sites is 1. The Morgan fingerprint density at radius 1 is 1.12 bits per heavy atom. The highest BCUT2D eigenvalue weighted by molar-refractivity contribution is 5.88. The molecule has 1 heterocycles. The monoisotopic (exact) mass is 329 g/mol. The second-order valence-corrected chi connectivity index (χ2v) is 5.61. The molecular weight excluding hydrogens is 306 g/mol. The van der Waals surface area contributed by atoms with Crippen molar-refractivity contribution in [3.05, 3.63) is 41.1 Å². The maximum absolute atomic E-state index is 12.1. The van der Waals surface area contributed by atoms with Crippen molar-refractivity contribution < 1.29 is 14.3 Å². The smallest absolute Gasteiger partial charge is 0.239 e. The molecule has 2 N–H and O–H groups in total. The number of hydrogen-bond acceptors (Lipinski definition) is 4. The van der Waals surface area contributed by atoms with Gasteiger partial charge in [0.05, 0.1) is 25.1 Å². The molecule has 24 heavy (non-hydrogen) atoms. The molecule has 0 fully saturated rings. The quantitative estimate of drug-likeness (QED) is 0.750. The van der Waals surface area contributed by atoms with Crippen molar-refractivity contribution in [1.29, 1.82) is 0 Å². The van der Waals surface area contributed by atoms with Gasteiger partial charge in [0.1, 0.15) is 0 Å². The highest BCUT2D eigenvalue weighted by Crippen LogP contribution is 2.22. The number of nitrogens with one attached hydrogen (secondary N) is 2. The molecule has 1 aromatic heterocycles. The number of methoxy groups -OCH3 is 1. The first-order valence-corrected chi connectivity index (χ1v) is 7.90. The summed E-state index contributed by atoms with van der Waals surface area (Å²) in [4.78, 5) is 28.3. The van der Waals surface area contributed by atoms with Crippen LogP contribution < -0.4 is 10.6 Å². The Morgan fingerprint density at radius 2 is 1.88 bits per heavy atom. The van der Waals surface area contributed by atoms with Crippen molar-refractivity contribution in [1.82, 2.24) is 15.6 Å². The number of ether oxygens (including phenoxy) is 1. The van der Waals surface area contributed by atoms with Gasteiger partial charge in [-0.25, -0.2) is 0 Å². The Balaban J connectivity index is 1.99. The van der Waals surface area contributed by atoms with Crippen LogP contribution in [0.5, 0.6) is 0 Å². The lowest BCUT2D eigenvalue weighted by atomic mass is 9.99. The van der Waals surface area contributed by atoms with E-state index in [2.05, 4.69) is 15.6 Å². The molecule has 0 aliphatic carbocycles. The summed E-state index contributed by atoms with van der Waals surface area (Å²) in [6.45, 7) is 4.73. The van der Waals surface area contributed by atoms with Crippen LogP contribution in [0.4, 0.5) is 0 Å². The summed E-state index contributed by atoms with van der Waals surface area (Å²) in [5.41, 5.74) is 3.73. The van der Waals surface area contributed by atoms with Crippen LogP contribution in [0.25, 0.3) is 10.9 Å². The van der Waals surface area contributed by atoms with Crippen molar-refractivity contribution >= 4 is 22.7 Å². The molecule has 2 aromatic rings. The van der Waals surface area contributed by atoms with Crippen LogP contribution in [-0.4, -0.2) is 43.6 Å². The van der Waals surface area contributed by atoms with Crippen molar-refractivity contribution in [2.75, 3.05) is 26.8 Å². The average Bonchev–Trinajstić information content (AvgIpc) is 2.57. The molecule has 6 nitrogen and oxygen atoms in total. The van der Waals surface area contributed by atoms with Crippen molar-refractivity contribution in [3.8, 4) is 0 Å². The van der Waals surface area contributed by atoms with Crippen LogP contribution in [-0.2, 0) is 20.7 Å². The van der Waals surface area contributed by atoms with Gasteiger partial charge in [0.15, 0.2) is 0 Å². The second-order valence-electron chi connectivity index (χ2n) is 5.61. The number of pyridine rings is 1. The van der Waals surface area contributed by atoms with E-state index in [1.807, 2.05) is 38.1 Å². The summed E-state index contributed by atoms with van der Waals surface area (Å²) in [6.07, 6.45) is 0.209. The third kappa shape index (κ3) is 4.52. The van der Waals surface area contributed by atoms with Gasteiger partial charge in [-0.15, -0.1) is 0 Å². The van der Waals surface area contributed by atoms with Gasteiger partial charge in [0.2, 0.25) is 11.8 Å². The molecule has 2 rings (SSSR count). The lowest BCUT2D eigenvalue weighted by molar-refractivity contribution is -0.125. The zero-order chi connectivity index (χ0) is 17.5.